The molecule has 3 aromatic rings. The zero-order chi connectivity index (χ0) is 23.7. The molecule has 0 heterocycles. The van der Waals surface area contributed by atoms with Crippen molar-refractivity contribution in [1.29, 1.82) is 0 Å². The molecule has 0 aliphatic carbocycles. The average molecular weight is 469 g/mol. The highest BCUT2D eigenvalue weighted by Crippen LogP contribution is 2.53. The van der Waals surface area contributed by atoms with Gasteiger partial charge in [-0.2, -0.15) is 0 Å². The maximum Gasteiger partial charge on any atom is 0.449 e. The van der Waals surface area contributed by atoms with E-state index in [0.29, 0.717) is 24.3 Å². The summed E-state index contributed by atoms with van der Waals surface area (Å²) in [4.78, 5) is 22.8. The maximum absolute atomic E-state index is 14.0. The molecule has 0 aromatic heterocycles. The number of nitro benzene ring substituents is 1. The van der Waals surface area contributed by atoms with Crippen LogP contribution in [0.4, 0.5) is 5.69 Å². The third-order valence-corrected chi connectivity index (χ3v) is 6.67. The number of carbonyl (C=O) groups excluding carboxylic acids is 1. The molecule has 3 aromatic carbocycles. The van der Waals surface area contributed by atoms with E-state index in [0.717, 1.165) is 0 Å². The first kappa shape index (κ1) is 24.0. The van der Waals surface area contributed by atoms with E-state index in [1.54, 1.807) is 48.5 Å². The maximum atomic E-state index is 14.0. The van der Waals surface area contributed by atoms with Gasteiger partial charge in [-0.15, -0.1) is 0 Å². The van der Waals surface area contributed by atoms with Crippen LogP contribution in [0.2, 0.25) is 0 Å². The summed E-state index contributed by atoms with van der Waals surface area (Å²) in [6.45, 7) is 1.90. The fourth-order valence-electron chi connectivity index (χ4n) is 2.94. The summed E-state index contributed by atoms with van der Waals surface area (Å²) < 4.78 is 25.7. The number of para-hydroxylation sites is 2. The Morgan fingerprint density at radius 2 is 1.45 bits per heavy atom. The van der Waals surface area contributed by atoms with Crippen molar-refractivity contribution >= 4 is 19.2 Å². The lowest BCUT2D eigenvalue weighted by Gasteiger charge is -2.28. The molecule has 1 atom stereocenters. The van der Waals surface area contributed by atoms with Gasteiger partial charge >= 0.3 is 7.60 Å². The average Bonchev–Trinajstić information content (AvgIpc) is 2.82. The molecule has 0 saturated heterocycles. The fraction of sp³-hybridized carbons (Fsp3) is 0.174. The summed E-state index contributed by atoms with van der Waals surface area (Å²) in [7, 11) is -3.87. The Morgan fingerprint density at radius 3 is 1.91 bits per heavy atom. The molecule has 0 fully saturated rings. The molecule has 0 radical (unpaired) electrons. The second-order valence-corrected chi connectivity index (χ2v) is 9.12. The number of amides is 1. The Bertz CT molecular complexity index is 1060. The lowest BCUT2D eigenvalue weighted by atomic mass is 10.2. The van der Waals surface area contributed by atoms with Gasteiger partial charge in [0.25, 0.3) is 11.6 Å². The Labute approximate surface area is 191 Å². The zero-order valence-electron chi connectivity index (χ0n) is 17.9. The van der Waals surface area contributed by atoms with Crippen LogP contribution in [0, 0.1) is 10.1 Å². The van der Waals surface area contributed by atoms with Crippen LogP contribution in [0.1, 0.15) is 30.1 Å². The Balaban J connectivity index is 1.81. The van der Waals surface area contributed by atoms with Gasteiger partial charge in [0.1, 0.15) is 11.5 Å². The Morgan fingerprint density at radius 1 is 0.939 bits per heavy atom. The van der Waals surface area contributed by atoms with Gasteiger partial charge in [-0.05, 0) is 42.8 Å². The van der Waals surface area contributed by atoms with E-state index in [1.165, 1.54) is 24.3 Å². The molecular weight excluding hydrogens is 445 g/mol. The van der Waals surface area contributed by atoms with E-state index in [-0.39, 0.29) is 11.3 Å². The minimum atomic E-state index is -3.87. The van der Waals surface area contributed by atoms with Crippen LogP contribution >= 0.6 is 7.60 Å². The molecule has 9 nitrogen and oxygen atoms in total. The SMILES string of the molecule is CCCC(NNC(=O)c1ccc([N+](=O)[O-])cc1)P(=O)(Oc1ccccc1)Oc1ccccc1. The van der Waals surface area contributed by atoms with Gasteiger partial charge in [-0.1, -0.05) is 49.7 Å². The summed E-state index contributed by atoms with van der Waals surface area (Å²) in [5, 5.41) is 10.8. The smallest absolute Gasteiger partial charge is 0.415 e. The number of nitrogens with one attached hydrogen (secondary N) is 2. The van der Waals surface area contributed by atoms with Crippen molar-refractivity contribution in [3.05, 3.63) is 101 Å². The van der Waals surface area contributed by atoms with Crippen molar-refractivity contribution in [2.24, 2.45) is 0 Å². The Hall–Kier alpha value is -3.68. The summed E-state index contributed by atoms with van der Waals surface area (Å²) >= 11 is 0. The minimum absolute atomic E-state index is 0.125. The highest BCUT2D eigenvalue weighted by molar-refractivity contribution is 7.55. The highest BCUT2D eigenvalue weighted by Gasteiger charge is 2.39. The van der Waals surface area contributed by atoms with Crippen molar-refractivity contribution in [1.82, 2.24) is 10.9 Å². The molecule has 0 bridgehead atoms. The molecule has 10 heteroatoms. The number of hydrogen-bond donors (Lipinski definition) is 2. The highest BCUT2D eigenvalue weighted by atomic mass is 31.2. The van der Waals surface area contributed by atoms with E-state index in [4.69, 9.17) is 9.05 Å². The fourth-order valence-corrected chi connectivity index (χ4v) is 4.86. The van der Waals surface area contributed by atoms with Gasteiger partial charge < -0.3 is 9.05 Å². The molecule has 1 amide bonds. The van der Waals surface area contributed by atoms with Gasteiger partial charge in [0.15, 0.2) is 5.78 Å². The van der Waals surface area contributed by atoms with E-state index in [1.807, 2.05) is 19.1 Å². The zero-order valence-corrected chi connectivity index (χ0v) is 18.8. The minimum Gasteiger partial charge on any atom is -0.415 e. The third-order valence-electron chi connectivity index (χ3n) is 4.59. The number of nitrogens with zero attached hydrogens (tertiary/aromatic N) is 1. The summed E-state index contributed by atoms with van der Waals surface area (Å²) in [6.07, 6.45) is 1.00. The molecule has 3 rings (SSSR count). The number of nitro groups is 1. The summed E-state index contributed by atoms with van der Waals surface area (Å²) in [5.41, 5.74) is 5.39. The van der Waals surface area contributed by atoms with Crippen LogP contribution < -0.4 is 19.9 Å². The number of hydrazine groups is 1. The number of non-ortho nitro benzene ring substituents is 1. The van der Waals surface area contributed by atoms with Gasteiger partial charge in [0.05, 0.1) is 4.92 Å². The van der Waals surface area contributed by atoms with Crippen molar-refractivity contribution < 1.29 is 23.3 Å². The lowest BCUT2D eigenvalue weighted by molar-refractivity contribution is -0.384. The van der Waals surface area contributed by atoms with Crippen LogP contribution in [0.5, 0.6) is 11.5 Å². The molecule has 0 aliphatic heterocycles. The molecule has 33 heavy (non-hydrogen) atoms. The van der Waals surface area contributed by atoms with Crippen LogP contribution in [0.15, 0.2) is 84.9 Å². The van der Waals surface area contributed by atoms with E-state index < -0.39 is 24.2 Å². The van der Waals surface area contributed by atoms with E-state index in [9.17, 15) is 19.5 Å². The standard InChI is InChI=1S/C23H24N3O6P/c1-2-9-22(24-25-23(27)18-14-16-19(17-15-18)26(28)29)33(30,31-20-10-5-3-6-11-20)32-21-12-7-4-8-13-21/h3-8,10-17,22,24H,2,9H2,1H3,(H,25,27). The van der Waals surface area contributed by atoms with Crippen LogP contribution in [-0.4, -0.2) is 16.6 Å². The number of carbonyl (C=O) groups is 1. The number of hydrogen-bond acceptors (Lipinski definition) is 7. The molecule has 0 saturated carbocycles. The third kappa shape index (κ3) is 6.65. The molecule has 1 unspecified atom stereocenters. The monoisotopic (exact) mass is 469 g/mol. The lowest BCUT2D eigenvalue weighted by Crippen LogP contribution is -2.45. The van der Waals surface area contributed by atoms with E-state index in [2.05, 4.69) is 10.9 Å². The first-order valence-electron chi connectivity index (χ1n) is 10.3. The quantitative estimate of drug-likeness (QED) is 0.222. The van der Waals surface area contributed by atoms with Gasteiger partial charge in [-0.25, -0.2) is 9.99 Å². The second-order valence-electron chi connectivity index (χ2n) is 7.06. The van der Waals surface area contributed by atoms with Gasteiger partial charge in [-0.3, -0.25) is 20.3 Å². The first-order valence-corrected chi connectivity index (χ1v) is 11.9. The van der Waals surface area contributed by atoms with E-state index >= 15 is 0 Å². The van der Waals surface area contributed by atoms with Gasteiger partial charge in [0.2, 0.25) is 0 Å². The predicted octanol–water partition coefficient (Wildman–Crippen LogP) is 5.31. The normalized spacial score (nSPS) is 11.9. The van der Waals surface area contributed by atoms with Crippen molar-refractivity contribution in [2.75, 3.05) is 0 Å². The number of benzene rings is 3. The van der Waals surface area contributed by atoms with Crippen molar-refractivity contribution in [2.45, 2.75) is 25.5 Å². The van der Waals surface area contributed by atoms with Gasteiger partial charge in [0, 0.05) is 17.7 Å². The first-order chi connectivity index (χ1) is 15.9. The summed E-state index contributed by atoms with van der Waals surface area (Å²) in [6, 6.07) is 22.4. The number of rotatable bonds is 11. The molecule has 2 N–H and O–H groups in total. The van der Waals surface area contributed by atoms with Crippen molar-refractivity contribution in [3.8, 4) is 11.5 Å². The molecule has 0 spiro atoms. The van der Waals surface area contributed by atoms with Crippen LogP contribution in [-0.2, 0) is 4.57 Å². The van der Waals surface area contributed by atoms with Crippen LogP contribution in [0.3, 0.4) is 0 Å². The second kappa shape index (κ2) is 11.3. The largest absolute Gasteiger partial charge is 0.449 e. The topological polar surface area (TPSA) is 120 Å². The van der Waals surface area contributed by atoms with Crippen LogP contribution in [0.25, 0.3) is 0 Å². The summed E-state index contributed by atoms with van der Waals surface area (Å²) in [5.74, 6) is -0.690. The predicted molar refractivity (Wildman–Crippen MR) is 124 cm³/mol. The van der Waals surface area contributed by atoms with Crippen molar-refractivity contribution in [3.63, 3.8) is 0 Å². The molecule has 172 valence electrons. The molecular formula is C23H24N3O6P. The molecule has 0 aliphatic rings. The Kier molecular flexibility index (Phi) is 8.18.